The molecule has 1 aromatic heterocycles. The zero-order chi connectivity index (χ0) is 8.97. The van der Waals surface area contributed by atoms with Crippen LogP contribution in [0, 0.1) is 0 Å². The molecule has 0 radical (unpaired) electrons. The Morgan fingerprint density at radius 1 is 1.58 bits per heavy atom. The molecule has 0 aliphatic rings. The third-order valence-corrected chi connectivity index (χ3v) is 1.95. The Kier molecular flexibility index (Phi) is 3.29. The van der Waals surface area contributed by atoms with Gasteiger partial charge in [0.05, 0.1) is 6.54 Å². The minimum atomic E-state index is 0.128. The van der Waals surface area contributed by atoms with Gasteiger partial charge in [0, 0.05) is 14.0 Å². The molecule has 68 valence electrons. The molecular weight excluding hydrogens is 152 g/mol. The van der Waals surface area contributed by atoms with Gasteiger partial charge in [0.1, 0.15) is 12.4 Å². The molecule has 1 rings (SSSR count). The summed E-state index contributed by atoms with van der Waals surface area (Å²) in [6.45, 7) is 5.27. The second kappa shape index (κ2) is 4.26. The minimum Gasteiger partial charge on any atom is -0.343 e. The molecule has 1 unspecified atom stereocenters. The maximum Gasteiger partial charge on any atom is 0.245 e. The summed E-state index contributed by atoms with van der Waals surface area (Å²) in [5, 5.41) is 0. The van der Waals surface area contributed by atoms with E-state index < -0.39 is 0 Å². The van der Waals surface area contributed by atoms with Crippen molar-refractivity contribution in [1.29, 1.82) is 0 Å². The summed E-state index contributed by atoms with van der Waals surface area (Å²) in [5.74, 6) is 0. The molecule has 0 N–H and O–H groups in total. The number of ether oxygens (including phenoxy) is 1. The molecule has 0 amide bonds. The summed E-state index contributed by atoms with van der Waals surface area (Å²) >= 11 is 0. The van der Waals surface area contributed by atoms with Gasteiger partial charge in [0.2, 0.25) is 6.33 Å². The number of rotatable bonds is 4. The van der Waals surface area contributed by atoms with E-state index in [1.54, 1.807) is 7.11 Å². The Bertz CT molecular complexity index is 232. The standard InChI is InChI=1S/C9H17N2O/c1-4-5-10-6-7-11(8-10)9(2)12-3/h6-9H,4-5H2,1-3H3/q+1. The molecule has 1 aromatic rings. The number of hydrogen-bond donors (Lipinski definition) is 0. The molecule has 0 aliphatic carbocycles. The molecule has 3 nitrogen and oxygen atoms in total. The molecule has 0 saturated carbocycles. The summed E-state index contributed by atoms with van der Waals surface area (Å²) < 4.78 is 9.39. The Labute approximate surface area is 73.6 Å². The van der Waals surface area contributed by atoms with E-state index >= 15 is 0 Å². The van der Waals surface area contributed by atoms with Gasteiger partial charge in [-0.25, -0.2) is 9.13 Å². The smallest absolute Gasteiger partial charge is 0.245 e. The zero-order valence-electron chi connectivity index (χ0n) is 8.03. The van der Waals surface area contributed by atoms with Crippen molar-refractivity contribution in [2.45, 2.75) is 33.0 Å². The van der Waals surface area contributed by atoms with Gasteiger partial charge in [0.15, 0.2) is 6.23 Å². The topological polar surface area (TPSA) is 18.0 Å². The number of hydrogen-bond acceptors (Lipinski definition) is 1. The predicted octanol–water partition coefficient (Wildman–Crippen LogP) is 1.35. The van der Waals surface area contributed by atoms with Crippen molar-refractivity contribution in [3.63, 3.8) is 0 Å². The van der Waals surface area contributed by atoms with E-state index in [9.17, 15) is 0 Å². The first-order valence-electron chi connectivity index (χ1n) is 4.37. The lowest BCUT2D eigenvalue weighted by molar-refractivity contribution is -0.756. The number of aryl methyl sites for hydroxylation is 1. The van der Waals surface area contributed by atoms with Crippen molar-refractivity contribution in [3.05, 3.63) is 18.7 Å². The fraction of sp³-hybridized carbons (Fsp3) is 0.667. The van der Waals surface area contributed by atoms with Gasteiger partial charge >= 0.3 is 0 Å². The Morgan fingerprint density at radius 3 is 2.92 bits per heavy atom. The van der Waals surface area contributed by atoms with Crippen LogP contribution in [0.4, 0.5) is 0 Å². The van der Waals surface area contributed by atoms with Gasteiger partial charge in [-0.3, -0.25) is 0 Å². The zero-order valence-corrected chi connectivity index (χ0v) is 8.03. The SMILES string of the molecule is CCCn1cc[n+](C(C)OC)c1. The van der Waals surface area contributed by atoms with Crippen LogP contribution in [-0.2, 0) is 11.3 Å². The van der Waals surface area contributed by atoms with Gasteiger partial charge in [-0.05, 0) is 6.42 Å². The Morgan fingerprint density at radius 2 is 2.33 bits per heavy atom. The normalized spacial score (nSPS) is 13.2. The lowest BCUT2D eigenvalue weighted by Crippen LogP contribution is -2.36. The summed E-state index contributed by atoms with van der Waals surface area (Å²) in [6.07, 6.45) is 7.46. The van der Waals surface area contributed by atoms with Crippen molar-refractivity contribution >= 4 is 0 Å². The number of imidazole rings is 1. The van der Waals surface area contributed by atoms with Crippen molar-refractivity contribution in [3.8, 4) is 0 Å². The molecule has 0 aromatic carbocycles. The first kappa shape index (κ1) is 9.26. The van der Waals surface area contributed by atoms with E-state index in [0.717, 1.165) is 13.0 Å². The maximum atomic E-state index is 5.18. The summed E-state index contributed by atoms with van der Waals surface area (Å²) in [5.41, 5.74) is 0. The first-order chi connectivity index (χ1) is 5.77. The van der Waals surface area contributed by atoms with Crippen LogP contribution in [0.3, 0.4) is 0 Å². The molecule has 12 heavy (non-hydrogen) atoms. The van der Waals surface area contributed by atoms with Crippen molar-refractivity contribution in [2.24, 2.45) is 0 Å². The van der Waals surface area contributed by atoms with Crippen molar-refractivity contribution in [2.75, 3.05) is 7.11 Å². The third kappa shape index (κ3) is 2.08. The van der Waals surface area contributed by atoms with Crippen LogP contribution >= 0.6 is 0 Å². The van der Waals surface area contributed by atoms with E-state index in [1.165, 1.54) is 0 Å². The van der Waals surface area contributed by atoms with Crippen LogP contribution in [-0.4, -0.2) is 11.7 Å². The van der Waals surface area contributed by atoms with E-state index in [0.29, 0.717) is 0 Å². The quantitative estimate of drug-likeness (QED) is 0.622. The Balaban J connectivity index is 2.63. The fourth-order valence-electron chi connectivity index (χ4n) is 1.14. The van der Waals surface area contributed by atoms with Gasteiger partial charge in [0.25, 0.3) is 0 Å². The van der Waals surface area contributed by atoms with Gasteiger partial charge in [-0.2, -0.15) is 0 Å². The van der Waals surface area contributed by atoms with Crippen LogP contribution in [0.15, 0.2) is 18.7 Å². The predicted molar refractivity (Wildman–Crippen MR) is 46.6 cm³/mol. The van der Waals surface area contributed by atoms with E-state index in [-0.39, 0.29) is 6.23 Å². The average Bonchev–Trinajstić information content (AvgIpc) is 2.52. The highest BCUT2D eigenvalue weighted by atomic mass is 16.5. The van der Waals surface area contributed by atoms with E-state index in [1.807, 2.05) is 13.1 Å². The lowest BCUT2D eigenvalue weighted by atomic mass is 10.5. The summed E-state index contributed by atoms with van der Waals surface area (Å²) in [6, 6.07) is 0. The van der Waals surface area contributed by atoms with Crippen LogP contribution in [0.5, 0.6) is 0 Å². The monoisotopic (exact) mass is 169 g/mol. The lowest BCUT2D eigenvalue weighted by Gasteiger charge is -2.03. The van der Waals surface area contributed by atoms with Gasteiger partial charge in [-0.1, -0.05) is 6.92 Å². The summed E-state index contributed by atoms with van der Waals surface area (Å²) in [4.78, 5) is 0. The van der Waals surface area contributed by atoms with Crippen LogP contribution in [0.25, 0.3) is 0 Å². The molecule has 3 heteroatoms. The highest BCUT2D eigenvalue weighted by molar-refractivity contribution is 4.65. The van der Waals surface area contributed by atoms with Crippen LogP contribution < -0.4 is 4.57 Å². The number of aromatic nitrogens is 2. The van der Waals surface area contributed by atoms with Gasteiger partial charge < -0.3 is 4.74 Å². The summed E-state index contributed by atoms with van der Waals surface area (Å²) in [7, 11) is 1.72. The van der Waals surface area contributed by atoms with Crippen molar-refractivity contribution < 1.29 is 9.30 Å². The molecule has 0 aliphatic heterocycles. The second-order valence-corrected chi connectivity index (χ2v) is 2.93. The molecule has 1 atom stereocenters. The molecule has 0 fully saturated rings. The van der Waals surface area contributed by atoms with Gasteiger partial charge in [-0.15, -0.1) is 0 Å². The molecule has 0 spiro atoms. The van der Waals surface area contributed by atoms with E-state index in [2.05, 4.69) is 28.6 Å². The number of methoxy groups -OCH3 is 1. The fourth-order valence-corrected chi connectivity index (χ4v) is 1.14. The third-order valence-electron chi connectivity index (χ3n) is 1.95. The van der Waals surface area contributed by atoms with Crippen molar-refractivity contribution in [1.82, 2.24) is 4.57 Å². The Hall–Kier alpha value is -0.830. The van der Waals surface area contributed by atoms with Crippen LogP contribution in [0.1, 0.15) is 26.5 Å². The highest BCUT2D eigenvalue weighted by Crippen LogP contribution is 1.95. The van der Waals surface area contributed by atoms with Crippen LogP contribution in [0.2, 0.25) is 0 Å². The highest BCUT2D eigenvalue weighted by Gasteiger charge is 2.08. The maximum absolute atomic E-state index is 5.18. The largest absolute Gasteiger partial charge is 0.343 e. The minimum absolute atomic E-state index is 0.128. The average molecular weight is 169 g/mol. The molecular formula is C9H17N2O+. The number of nitrogens with zero attached hydrogens (tertiary/aromatic N) is 2. The molecule has 0 bridgehead atoms. The van der Waals surface area contributed by atoms with E-state index in [4.69, 9.17) is 4.74 Å². The molecule has 1 heterocycles. The molecule has 0 saturated heterocycles. The first-order valence-corrected chi connectivity index (χ1v) is 4.37. The second-order valence-electron chi connectivity index (χ2n) is 2.93.